The molecule has 1 unspecified atom stereocenters. The maximum atomic E-state index is 12.6. The second kappa shape index (κ2) is 5.23. The van der Waals surface area contributed by atoms with Crippen molar-refractivity contribution >= 4 is 17.4 Å². The maximum Gasteiger partial charge on any atom is 0.433 e. The molecule has 1 atom stereocenters. The molecule has 0 fully saturated rings. The van der Waals surface area contributed by atoms with Crippen molar-refractivity contribution in [3.63, 3.8) is 0 Å². The van der Waals surface area contributed by atoms with Crippen molar-refractivity contribution in [1.29, 1.82) is 0 Å². The highest BCUT2D eigenvalue weighted by Crippen LogP contribution is 2.30. The van der Waals surface area contributed by atoms with E-state index in [4.69, 9.17) is 11.6 Å². The van der Waals surface area contributed by atoms with Crippen molar-refractivity contribution in [3.05, 3.63) is 29.2 Å². The quantitative estimate of drug-likeness (QED) is 0.882. The van der Waals surface area contributed by atoms with Crippen LogP contribution in [0.2, 0.25) is 5.28 Å². The van der Waals surface area contributed by atoms with Crippen LogP contribution in [0.15, 0.2) is 12.4 Å². The third-order valence-corrected chi connectivity index (χ3v) is 2.66. The highest BCUT2D eigenvalue weighted by atomic mass is 35.5. The van der Waals surface area contributed by atoms with Crippen LogP contribution >= 0.6 is 11.6 Å². The molecule has 1 N–H and O–H groups in total. The average Bonchev–Trinajstić information content (AvgIpc) is 2.73. The van der Waals surface area contributed by atoms with E-state index < -0.39 is 23.2 Å². The Bertz CT molecular complexity index is 611. The van der Waals surface area contributed by atoms with Gasteiger partial charge in [-0.1, -0.05) is 0 Å². The summed E-state index contributed by atoms with van der Waals surface area (Å²) in [5, 5.41) is 9.85. The smallest absolute Gasteiger partial charge is 0.360 e. The molecule has 2 heterocycles. The van der Waals surface area contributed by atoms with Gasteiger partial charge in [-0.05, 0) is 18.5 Å². The molecule has 2 aromatic heterocycles. The second-order valence-electron chi connectivity index (χ2n) is 4.07. The number of aryl methyl sites for hydroxylation is 1. The number of hydrogen-bond donors (Lipinski definition) is 1. The zero-order chi connectivity index (χ0) is 14.9. The Morgan fingerprint density at radius 3 is 2.60 bits per heavy atom. The van der Waals surface area contributed by atoms with Crippen LogP contribution in [0.5, 0.6) is 0 Å². The predicted molar refractivity (Wildman–Crippen MR) is 65.1 cm³/mol. The summed E-state index contributed by atoms with van der Waals surface area (Å²) in [6.45, 7) is 1.72. The molecule has 2 aromatic rings. The normalized spacial score (nSPS) is 13.3. The molecule has 20 heavy (non-hydrogen) atoms. The van der Waals surface area contributed by atoms with Crippen molar-refractivity contribution in [3.8, 4) is 0 Å². The van der Waals surface area contributed by atoms with E-state index in [0.29, 0.717) is 5.82 Å². The molecule has 2 rings (SSSR count). The van der Waals surface area contributed by atoms with Gasteiger partial charge in [0.25, 0.3) is 0 Å². The van der Waals surface area contributed by atoms with Crippen LogP contribution < -0.4 is 5.32 Å². The summed E-state index contributed by atoms with van der Waals surface area (Å²) in [5.74, 6) is 0.515. The van der Waals surface area contributed by atoms with Crippen LogP contribution in [0.25, 0.3) is 0 Å². The predicted octanol–water partition coefficient (Wildman–Crippen LogP) is 2.45. The number of halogens is 4. The second-order valence-corrected chi connectivity index (χ2v) is 4.41. The third kappa shape index (κ3) is 3.16. The summed E-state index contributed by atoms with van der Waals surface area (Å²) in [6.07, 6.45) is -3.10. The molecular weight excluding hydrogens is 297 g/mol. The Balaban J connectivity index is 2.26. The van der Waals surface area contributed by atoms with E-state index >= 15 is 0 Å². The van der Waals surface area contributed by atoms with Crippen molar-refractivity contribution in [2.75, 3.05) is 5.32 Å². The van der Waals surface area contributed by atoms with Crippen LogP contribution in [0, 0.1) is 0 Å². The summed E-state index contributed by atoms with van der Waals surface area (Å²) in [6, 6.07) is 0.396. The molecule has 0 saturated heterocycles. The Kier molecular flexibility index (Phi) is 3.80. The van der Waals surface area contributed by atoms with Crippen LogP contribution in [-0.4, -0.2) is 24.7 Å². The number of nitrogens with zero attached hydrogens (tertiary/aromatic N) is 5. The Morgan fingerprint density at radius 1 is 1.35 bits per heavy atom. The van der Waals surface area contributed by atoms with E-state index in [0.717, 1.165) is 6.07 Å². The number of anilines is 1. The first kappa shape index (κ1) is 14.5. The van der Waals surface area contributed by atoms with E-state index in [1.807, 2.05) is 0 Å². The number of hydrogen-bond acceptors (Lipinski definition) is 5. The maximum absolute atomic E-state index is 12.6. The molecule has 10 heteroatoms. The summed E-state index contributed by atoms with van der Waals surface area (Å²) in [7, 11) is 1.72. The summed E-state index contributed by atoms with van der Waals surface area (Å²) in [4.78, 5) is 6.86. The van der Waals surface area contributed by atoms with Gasteiger partial charge in [0.15, 0.2) is 11.5 Å². The Hall–Kier alpha value is -1.90. The molecule has 0 saturated carbocycles. The lowest BCUT2D eigenvalue weighted by atomic mass is 10.3. The third-order valence-electron chi connectivity index (χ3n) is 2.49. The van der Waals surface area contributed by atoms with Gasteiger partial charge in [-0.15, -0.1) is 10.2 Å². The fourth-order valence-corrected chi connectivity index (χ4v) is 1.79. The van der Waals surface area contributed by atoms with Gasteiger partial charge in [-0.2, -0.15) is 13.2 Å². The average molecular weight is 307 g/mol. The number of alkyl halides is 3. The highest BCUT2D eigenvalue weighted by molar-refractivity contribution is 6.28. The zero-order valence-corrected chi connectivity index (χ0v) is 11.2. The molecule has 0 aromatic carbocycles. The first-order chi connectivity index (χ1) is 9.27. The highest BCUT2D eigenvalue weighted by Gasteiger charge is 2.33. The molecule has 0 spiro atoms. The topological polar surface area (TPSA) is 68.5 Å². The minimum atomic E-state index is -4.59. The number of rotatable bonds is 3. The van der Waals surface area contributed by atoms with E-state index in [1.54, 1.807) is 18.5 Å². The van der Waals surface area contributed by atoms with Crippen LogP contribution in [0.1, 0.15) is 24.5 Å². The molecule has 0 aliphatic heterocycles. The lowest BCUT2D eigenvalue weighted by molar-refractivity contribution is -0.141. The molecule has 6 nitrogen and oxygen atoms in total. The molecular formula is C10H10ClF3N6. The monoisotopic (exact) mass is 306 g/mol. The molecule has 108 valence electrons. The summed E-state index contributed by atoms with van der Waals surface area (Å²) < 4.78 is 39.5. The van der Waals surface area contributed by atoms with Crippen molar-refractivity contribution in [2.45, 2.75) is 19.1 Å². The fourth-order valence-electron chi connectivity index (χ4n) is 1.61. The van der Waals surface area contributed by atoms with Crippen LogP contribution in [0.4, 0.5) is 19.0 Å². The SMILES string of the molecule is CC(Nc1cc(C(F)(F)F)nc(Cl)n1)c1nncn1C. The molecule has 0 bridgehead atoms. The van der Waals surface area contributed by atoms with Gasteiger partial charge >= 0.3 is 6.18 Å². The van der Waals surface area contributed by atoms with Crippen molar-refractivity contribution < 1.29 is 13.2 Å². The largest absolute Gasteiger partial charge is 0.433 e. The van der Waals surface area contributed by atoms with Crippen LogP contribution in [0.3, 0.4) is 0 Å². The molecule has 0 aliphatic rings. The van der Waals surface area contributed by atoms with E-state index in [-0.39, 0.29) is 5.82 Å². The van der Waals surface area contributed by atoms with Gasteiger partial charge < -0.3 is 9.88 Å². The number of aromatic nitrogens is 5. The van der Waals surface area contributed by atoms with E-state index in [2.05, 4.69) is 25.5 Å². The minimum Gasteiger partial charge on any atom is -0.360 e. The van der Waals surface area contributed by atoms with Gasteiger partial charge in [-0.3, -0.25) is 0 Å². The van der Waals surface area contributed by atoms with Gasteiger partial charge in [0.1, 0.15) is 12.1 Å². The fraction of sp³-hybridized carbons (Fsp3) is 0.400. The van der Waals surface area contributed by atoms with Crippen molar-refractivity contribution in [2.24, 2.45) is 7.05 Å². The molecule has 0 radical (unpaired) electrons. The standard InChI is InChI=1S/C10H10ClF3N6/c1-5(8-19-15-4-20(8)2)16-7-3-6(10(12,13)14)17-9(11)18-7/h3-5H,1-2H3,(H,16,17,18). The van der Waals surface area contributed by atoms with Gasteiger partial charge in [0.05, 0.1) is 6.04 Å². The first-order valence-electron chi connectivity index (χ1n) is 5.49. The first-order valence-corrected chi connectivity index (χ1v) is 5.87. The van der Waals surface area contributed by atoms with Gasteiger partial charge in [0, 0.05) is 13.1 Å². The molecule has 0 amide bonds. The summed E-state index contributed by atoms with van der Waals surface area (Å²) in [5.41, 5.74) is -1.11. The van der Waals surface area contributed by atoms with E-state index in [1.165, 1.54) is 6.33 Å². The minimum absolute atomic E-state index is 0.0344. The van der Waals surface area contributed by atoms with Crippen molar-refractivity contribution in [1.82, 2.24) is 24.7 Å². The lowest BCUT2D eigenvalue weighted by Gasteiger charge is -2.15. The Morgan fingerprint density at radius 2 is 2.05 bits per heavy atom. The van der Waals surface area contributed by atoms with Gasteiger partial charge in [0.2, 0.25) is 5.28 Å². The van der Waals surface area contributed by atoms with Gasteiger partial charge in [-0.25, -0.2) is 9.97 Å². The summed E-state index contributed by atoms with van der Waals surface area (Å²) >= 11 is 5.50. The van der Waals surface area contributed by atoms with E-state index in [9.17, 15) is 13.2 Å². The molecule has 0 aliphatic carbocycles. The zero-order valence-electron chi connectivity index (χ0n) is 10.5. The lowest BCUT2D eigenvalue weighted by Crippen LogP contribution is -2.15. The number of nitrogens with one attached hydrogen (secondary N) is 1. The Labute approximate surface area is 117 Å². The van der Waals surface area contributed by atoms with Crippen LogP contribution in [-0.2, 0) is 13.2 Å².